The number of nitro groups is 1. The number of hydrogen-bond donors (Lipinski definition) is 0. The number of halogens is 2. The summed E-state index contributed by atoms with van der Waals surface area (Å²) < 4.78 is 35.0. The number of esters is 1. The zero-order valence-electron chi connectivity index (χ0n) is 10.8. The highest BCUT2D eigenvalue weighted by atomic mass is 19.3. The minimum absolute atomic E-state index is 0.0779. The monoisotopic (exact) mass is 290 g/mol. The topological polar surface area (TPSA) is 91.6 Å². The van der Waals surface area contributed by atoms with Crippen molar-refractivity contribution < 1.29 is 28.0 Å². The van der Waals surface area contributed by atoms with E-state index in [-0.39, 0.29) is 12.2 Å². The highest BCUT2D eigenvalue weighted by Gasteiger charge is 2.26. The number of nitrogens with zero attached hydrogens (tertiary/aromatic N) is 2. The molecule has 1 heterocycles. The quantitative estimate of drug-likeness (QED) is 0.452. The highest BCUT2D eigenvalue weighted by molar-refractivity contribution is 5.73. The normalized spacial score (nSPS) is 10.4. The summed E-state index contributed by atoms with van der Waals surface area (Å²) in [7, 11) is 1.08. The highest BCUT2D eigenvalue weighted by Crippen LogP contribution is 2.31. The molecule has 0 aliphatic heterocycles. The number of ether oxygens (including phenoxy) is 2. The Bertz CT molecular complexity index is 522. The van der Waals surface area contributed by atoms with Crippen LogP contribution in [0.3, 0.4) is 0 Å². The maximum atomic E-state index is 12.9. The molecule has 0 unspecified atom stereocenters. The fraction of sp³-hybridized carbons (Fsp3) is 0.455. The van der Waals surface area contributed by atoms with Gasteiger partial charge in [-0.15, -0.1) is 0 Å². The molecule has 1 aromatic rings. The van der Waals surface area contributed by atoms with Crippen LogP contribution < -0.4 is 4.74 Å². The predicted molar refractivity (Wildman–Crippen MR) is 62.7 cm³/mol. The van der Waals surface area contributed by atoms with Crippen LogP contribution in [-0.4, -0.2) is 29.6 Å². The molecule has 0 saturated carbocycles. The van der Waals surface area contributed by atoms with Crippen molar-refractivity contribution >= 4 is 11.7 Å². The number of aromatic nitrogens is 1. The van der Waals surface area contributed by atoms with Gasteiger partial charge in [0.15, 0.2) is 0 Å². The van der Waals surface area contributed by atoms with E-state index in [1.807, 2.05) is 0 Å². The molecule has 0 aromatic carbocycles. The summed E-state index contributed by atoms with van der Waals surface area (Å²) >= 11 is 0. The number of pyridine rings is 1. The van der Waals surface area contributed by atoms with Crippen molar-refractivity contribution in [3.05, 3.63) is 27.4 Å². The number of methoxy groups -OCH3 is 1. The van der Waals surface area contributed by atoms with E-state index >= 15 is 0 Å². The Hall–Kier alpha value is -2.32. The summed E-state index contributed by atoms with van der Waals surface area (Å²) in [5.41, 5.74) is -1.58. The Morgan fingerprint density at radius 2 is 2.20 bits per heavy atom. The maximum absolute atomic E-state index is 12.9. The van der Waals surface area contributed by atoms with Gasteiger partial charge in [-0.25, -0.2) is 13.8 Å². The second-order valence-electron chi connectivity index (χ2n) is 3.60. The Kier molecular flexibility index (Phi) is 5.30. The zero-order valence-corrected chi connectivity index (χ0v) is 10.8. The third-order valence-corrected chi connectivity index (χ3v) is 2.32. The second-order valence-corrected chi connectivity index (χ2v) is 3.60. The van der Waals surface area contributed by atoms with Gasteiger partial charge >= 0.3 is 11.7 Å². The average molecular weight is 290 g/mol. The first-order valence-corrected chi connectivity index (χ1v) is 5.56. The van der Waals surface area contributed by atoms with Gasteiger partial charge in [-0.05, 0) is 12.5 Å². The van der Waals surface area contributed by atoms with Gasteiger partial charge in [0.1, 0.15) is 5.69 Å². The van der Waals surface area contributed by atoms with Crippen molar-refractivity contribution in [2.24, 2.45) is 0 Å². The first-order valence-electron chi connectivity index (χ1n) is 5.56. The van der Waals surface area contributed by atoms with Crippen LogP contribution in [-0.2, 0) is 16.0 Å². The van der Waals surface area contributed by atoms with Crippen molar-refractivity contribution in [1.82, 2.24) is 4.98 Å². The first kappa shape index (κ1) is 15.7. The number of hydrogen-bond acceptors (Lipinski definition) is 6. The first-order chi connectivity index (χ1) is 9.40. The number of carbonyl (C=O) groups excluding carboxylic acids is 1. The lowest BCUT2D eigenvalue weighted by Crippen LogP contribution is -2.12. The lowest BCUT2D eigenvalue weighted by molar-refractivity contribution is -0.386. The van der Waals surface area contributed by atoms with Crippen LogP contribution in [0.15, 0.2) is 6.07 Å². The summed E-state index contributed by atoms with van der Waals surface area (Å²) in [6, 6.07) is 0.851. The van der Waals surface area contributed by atoms with E-state index in [0.29, 0.717) is 0 Å². The molecule has 0 amide bonds. The minimum Gasteiger partial charge on any atom is -0.476 e. The molecule has 1 aromatic heterocycles. The van der Waals surface area contributed by atoms with E-state index in [9.17, 15) is 23.7 Å². The largest absolute Gasteiger partial charge is 0.476 e. The Morgan fingerprint density at radius 1 is 1.55 bits per heavy atom. The molecule has 110 valence electrons. The molecule has 0 aliphatic rings. The molecule has 0 radical (unpaired) electrons. The van der Waals surface area contributed by atoms with Crippen LogP contribution in [0, 0.1) is 10.1 Å². The standard InChI is InChI=1S/C11H12F2N2O5/c1-3-20-8(16)5-6-4-7(15(17)18)11(19-2)14-9(6)10(12)13/h4,10H,3,5H2,1-2H3. The summed E-state index contributed by atoms with van der Waals surface area (Å²) in [6.07, 6.45) is -3.51. The Morgan fingerprint density at radius 3 is 2.65 bits per heavy atom. The molecule has 0 bridgehead atoms. The Balaban J connectivity index is 3.28. The van der Waals surface area contributed by atoms with Gasteiger partial charge in [-0.3, -0.25) is 14.9 Å². The van der Waals surface area contributed by atoms with Gasteiger partial charge in [0.05, 0.1) is 25.1 Å². The maximum Gasteiger partial charge on any atom is 0.331 e. The van der Waals surface area contributed by atoms with Gasteiger partial charge in [-0.1, -0.05) is 0 Å². The second kappa shape index (κ2) is 6.73. The molecular weight excluding hydrogens is 278 g/mol. The van der Waals surface area contributed by atoms with E-state index in [2.05, 4.69) is 14.5 Å². The Labute approximate surface area is 112 Å². The van der Waals surface area contributed by atoms with Crippen LogP contribution in [0.1, 0.15) is 24.6 Å². The van der Waals surface area contributed by atoms with E-state index in [4.69, 9.17) is 0 Å². The van der Waals surface area contributed by atoms with Crippen molar-refractivity contribution in [3.8, 4) is 5.88 Å². The van der Waals surface area contributed by atoms with Crippen LogP contribution in [0.25, 0.3) is 0 Å². The number of alkyl halides is 2. The van der Waals surface area contributed by atoms with E-state index in [1.165, 1.54) is 0 Å². The van der Waals surface area contributed by atoms with Crippen LogP contribution in [0.2, 0.25) is 0 Å². The van der Waals surface area contributed by atoms with Crippen LogP contribution >= 0.6 is 0 Å². The van der Waals surface area contributed by atoms with E-state index in [0.717, 1.165) is 13.2 Å². The van der Waals surface area contributed by atoms with Crippen LogP contribution in [0.5, 0.6) is 5.88 Å². The molecule has 7 nitrogen and oxygen atoms in total. The van der Waals surface area contributed by atoms with Gasteiger partial charge in [0.25, 0.3) is 12.3 Å². The lowest BCUT2D eigenvalue weighted by Gasteiger charge is -2.10. The molecule has 0 saturated heterocycles. The van der Waals surface area contributed by atoms with E-state index < -0.39 is 41.0 Å². The van der Waals surface area contributed by atoms with Crippen molar-refractivity contribution in [3.63, 3.8) is 0 Å². The molecule has 1 rings (SSSR count). The van der Waals surface area contributed by atoms with Gasteiger partial charge < -0.3 is 9.47 Å². The third kappa shape index (κ3) is 3.59. The van der Waals surface area contributed by atoms with Gasteiger partial charge in [-0.2, -0.15) is 0 Å². The lowest BCUT2D eigenvalue weighted by atomic mass is 10.1. The van der Waals surface area contributed by atoms with Crippen LogP contribution in [0.4, 0.5) is 14.5 Å². The molecule has 0 aliphatic carbocycles. The molecule has 0 N–H and O–H groups in total. The zero-order chi connectivity index (χ0) is 15.3. The summed E-state index contributed by atoms with van der Waals surface area (Å²) in [4.78, 5) is 24.7. The third-order valence-electron chi connectivity index (χ3n) is 2.32. The molecule has 9 heteroatoms. The molecule has 0 fully saturated rings. The number of carbonyl (C=O) groups is 1. The average Bonchev–Trinajstić information content (AvgIpc) is 2.37. The molecule has 0 atom stereocenters. The molecule has 0 spiro atoms. The number of rotatable bonds is 6. The van der Waals surface area contributed by atoms with Crippen molar-refractivity contribution in [2.45, 2.75) is 19.8 Å². The van der Waals surface area contributed by atoms with Crippen molar-refractivity contribution in [2.75, 3.05) is 13.7 Å². The van der Waals surface area contributed by atoms with E-state index in [1.54, 1.807) is 6.92 Å². The van der Waals surface area contributed by atoms with Gasteiger partial charge in [0.2, 0.25) is 0 Å². The van der Waals surface area contributed by atoms with Crippen molar-refractivity contribution in [1.29, 1.82) is 0 Å². The fourth-order valence-electron chi connectivity index (χ4n) is 1.52. The summed E-state index contributed by atoms with van der Waals surface area (Å²) in [5, 5.41) is 10.8. The summed E-state index contributed by atoms with van der Waals surface area (Å²) in [6.45, 7) is 1.63. The molecule has 20 heavy (non-hydrogen) atoms. The fourth-order valence-corrected chi connectivity index (χ4v) is 1.52. The molecular formula is C11H12F2N2O5. The van der Waals surface area contributed by atoms with Gasteiger partial charge in [0, 0.05) is 6.07 Å². The minimum atomic E-state index is -2.99. The smallest absolute Gasteiger partial charge is 0.331 e. The summed E-state index contributed by atoms with van der Waals surface area (Å²) in [5.74, 6) is -1.30. The SMILES string of the molecule is CCOC(=O)Cc1cc([N+](=O)[O-])c(OC)nc1C(F)F. The predicted octanol–water partition coefficient (Wildman–Crippen LogP) is 2.04.